The van der Waals surface area contributed by atoms with Gasteiger partial charge in [-0.25, -0.2) is 9.78 Å². The molecule has 5 heterocycles. The van der Waals surface area contributed by atoms with Gasteiger partial charge >= 0.3 is 12.3 Å². The van der Waals surface area contributed by atoms with Gasteiger partial charge in [0.15, 0.2) is 0 Å². The van der Waals surface area contributed by atoms with Gasteiger partial charge in [0, 0.05) is 36.5 Å². The number of alkyl halides is 3. The molecule has 0 spiro atoms. The first-order valence-corrected chi connectivity index (χ1v) is 10.6. The normalized spacial score (nSPS) is 17.8. The summed E-state index contributed by atoms with van der Waals surface area (Å²) in [6.07, 6.45) is 0.427. The molecule has 8 nitrogen and oxygen atoms in total. The SMILES string of the molecule is Cc1c(C(=O)N2CCC(N3CCOC3=O)CC2)nc2c(C(F)(F)F)cc(-c3ccoc3)cn12. The highest BCUT2D eigenvalue weighted by Gasteiger charge is 2.37. The van der Waals surface area contributed by atoms with E-state index in [2.05, 4.69) is 4.98 Å². The first-order chi connectivity index (χ1) is 15.7. The Morgan fingerprint density at radius 1 is 1.18 bits per heavy atom. The largest absolute Gasteiger partial charge is 0.472 e. The Hall–Kier alpha value is -3.50. The van der Waals surface area contributed by atoms with Crippen LogP contribution in [0.15, 0.2) is 35.3 Å². The van der Waals surface area contributed by atoms with Crippen LogP contribution in [0, 0.1) is 6.92 Å². The zero-order valence-corrected chi connectivity index (χ0v) is 17.8. The van der Waals surface area contributed by atoms with E-state index >= 15 is 0 Å². The Labute approximate surface area is 186 Å². The molecule has 174 valence electrons. The summed E-state index contributed by atoms with van der Waals surface area (Å²) in [5.74, 6) is -0.420. The van der Waals surface area contributed by atoms with Crippen molar-refractivity contribution in [3.63, 3.8) is 0 Å². The maximum atomic E-state index is 13.8. The van der Waals surface area contributed by atoms with Crippen molar-refractivity contribution in [2.45, 2.75) is 32.0 Å². The van der Waals surface area contributed by atoms with E-state index in [-0.39, 0.29) is 23.5 Å². The van der Waals surface area contributed by atoms with E-state index in [0.717, 1.165) is 6.07 Å². The van der Waals surface area contributed by atoms with Crippen LogP contribution in [-0.2, 0) is 10.9 Å². The van der Waals surface area contributed by atoms with Crippen molar-refractivity contribution in [3.05, 3.63) is 47.8 Å². The number of imidazole rings is 1. The summed E-state index contributed by atoms with van der Waals surface area (Å²) in [5, 5.41) is 0. The van der Waals surface area contributed by atoms with E-state index in [0.29, 0.717) is 55.9 Å². The van der Waals surface area contributed by atoms with Crippen molar-refractivity contribution < 1.29 is 31.9 Å². The van der Waals surface area contributed by atoms with Crippen molar-refractivity contribution in [2.24, 2.45) is 0 Å². The van der Waals surface area contributed by atoms with Crippen LogP contribution < -0.4 is 0 Å². The average Bonchev–Trinajstić information content (AvgIpc) is 3.53. The molecule has 3 aromatic rings. The minimum absolute atomic E-state index is 0.0103. The van der Waals surface area contributed by atoms with Crippen LogP contribution in [0.2, 0.25) is 0 Å². The average molecular weight is 462 g/mol. The summed E-state index contributed by atoms with van der Waals surface area (Å²) < 4.78 is 52.8. The lowest BCUT2D eigenvalue weighted by molar-refractivity contribution is -0.136. The number of ether oxygens (including phenoxy) is 1. The summed E-state index contributed by atoms with van der Waals surface area (Å²) in [4.78, 5) is 32.4. The van der Waals surface area contributed by atoms with E-state index < -0.39 is 17.6 Å². The topological polar surface area (TPSA) is 80.3 Å². The fraction of sp³-hybridized carbons (Fsp3) is 0.409. The number of carbonyl (C=O) groups is 2. The summed E-state index contributed by atoms with van der Waals surface area (Å²) in [5.41, 5.74) is -0.118. The molecule has 2 fully saturated rings. The van der Waals surface area contributed by atoms with Crippen molar-refractivity contribution in [2.75, 3.05) is 26.2 Å². The second-order valence-corrected chi connectivity index (χ2v) is 8.22. The molecular weight excluding hydrogens is 441 g/mol. The number of hydrogen-bond donors (Lipinski definition) is 0. The van der Waals surface area contributed by atoms with Crippen LogP contribution in [0.4, 0.5) is 18.0 Å². The van der Waals surface area contributed by atoms with Crippen LogP contribution in [-0.4, -0.2) is 63.5 Å². The summed E-state index contributed by atoms with van der Waals surface area (Å²) in [6, 6.07) is 2.57. The zero-order chi connectivity index (χ0) is 23.3. The standard InChI is InChI=1S/C22H21F3N4O4/c1-13-18(20(30)27-5-2-16(3-6-27)28-7-9-33-21(28)31)26-19-17(22(23,24)25)10-15(11-29(13)19)14-4-8-32-12-14/h4,8,10-12,16H,2-3,5-7,9H2,1H3. The monoisotopic (exact) mass is 462 g/mol. The minimum atomic E-state index is -4.65. The highest BCUT2D eigenvalue weighted by atomic mass is 19.4. The van der Waals surface area contributed by atoms with Crippen LogP contribution in [0.1, 0.15) is 34.6 Å². The third-order valence-corrected chi connectivity index (χ3v) is 6.31. The number of rotatable bonds is 3. The van der Waals surface area contributed by atoms with Gasteiger partial charge in [-0.2, -0.15) is 13.2 Å². The number of hydrogen-bond acceptors (Lipinski definition) is 5. The number of cyclic esters (lactones) is 1. The molecule has 2 saturated heterocycles. The highest BCUT2D eigenvalue weighted by molar-refractivity contribution is 5.94. The molecule has 0 atom stereocenters. The van der Waals surface area contributed by atoms with Crippen LogP contribution in [0.25, 0.3) is 16.8 Å². The molecule has 5 rings (SSSR count). The third-order valence-electron chi connectivity index (χ3n) is 6.31. The van der Waals surface area contributed by atoms with E-state index in [4.69, 9.17) is 9.15 Å². The lowest BCUT2D eigenvalue weighted by atomic mass is 10.0. The molecule has 0 aliphatic carbocycles. The predicted octanol–water partition coefficient (Wildman–Crippen LogP) is 3.98. The number of piperidine rings is 1. The third kappa shape index (κ3) is 3.70. The van der Waals surface area contributed by atoms with Crippen molar-refractivity contribution in [3.8, 4) is 11.1 Å². The minimum Gasteiger partial charge on any atom is -0.472 e. The Morgan fingerprint density at radius 2 is 1.94 bits per heavy atom. The first kappa shape index (κ1) is 21.4. The molecule has 0 N–H and O–H groups in total. The number of amides is 2. The van der Waals surface area contributed by atoms with Crippen LogP contribution >= 0.6 is 0 Å². The van der Waals surface area contributed by atoms with E-state index in [1.54, 1.807) is 22.8 Å². The Balaban J connectivity index is 1.46. The second kappa shape index (κ2) is 7.82. The molecular formula is C22H21F3N4O4. The van der Waals surface area contributed by atoms with E-state index in [1.165, 1.54) is 23.1 Å². The lowest BCUT2D eigenvalue weighted by Gasteiger charge is -2.35. The van der Waals surface area contributed by atoms with E-state index in [1.807, 2.05) is 0 Å². The fourth-order valence-electron chi connectivity index (χ4n) is 4.52. The Morgan fingerprint density at radius 3 is 2.55 bits per heavy atom. The first-order valence-electron chi connectivity index (χ1n) is 10.6. The molecule has 2 aliphatic rings. The van der Waals surface area contributed by atoms with Gasteiger partial charge in [-0.1, -0.05) is 0 Å². The number of aromatic nitrogens is 2. The maximum Gasteiger partial charge on any atom is 0.420 e. The Kier molecular flexibility index (Phi) is 5.06. The second-order valence-electron chi connectivity index (χ2n) is 8.22. The number of nitrogens with zero attached hydrogens (tertiary/aromatic N) is 4. The molecule has 2 aliphatic heterocycles. The molecule has 0 aromatic carbocycles. The van der Waals surface area contributed by atoms with Crippen molar-refractivity contribution in [1.82, 2.24) is 19.2 Å². The van der Waals surface area contributed by atoms with Gasteiger partial charge in [-0.3, -0.25) is 4.79 Å². The summed E-state index contributed by atoms with van der Waals surface area (Å²) >= 11 is 0. The van der Waals surface area contributed by atoms with Gasteiger partial charge in [0.25, 0.3) is 5.91 Å². The van der Waals surface area contributed by atoms with Crippen molar-refractivity contribution >= 4 is 17.6 Å². The van der Waals surface area contributed by atoms with Crippen LogP contribution in [0.3, 0.4) is 0 Å². The highest BCUT2D eigenvalue weighted by Crippen LogP contribution is 2.36. The Bertz CT molecular complexity index is 1210. The van der Waals surface area contributed by atoms with Gasteiger partial charge in [0.1, 0.15) is 17.9 Å². The number of furan rings is 1. The molecule has 0 saturated carbocycles. The van der Waals surface area contributed by atoms with Gasteiger partial charge in [0.2, 0.25) is 0 Å². The fourth-order valence-corrected chi connectivity index (χ4v) is 4.52. The van der Waals surface area contributed by atoms with Gasteiger partial charge < -0.3 is 23.4 Å². The smallest absolute Gasteiger partial charge is 0.420 e. The number of pyridine rings is 1. The summed E-state index contributed by atoms with van der Waals surface area (Å²) in [7, 11) is 0. The number of carbonyl (C=O) groups excluding carboxylic acids is 2. The number of halogens is 3. The predicted molar refractivity (Wildman–Crippen MR) is 110 cm³/mol. The van der Waals surface area contributed by atoms with Crippen molar-refractivity contribution in [1.29, 1.82) is 0 Å². The zero-order valence-electron chi connectivity index (χ0n) is 17.8. The van der Waals surface area contributed by atoms with E-state index in [9.17, 15) is 22.8 Å². The summed E-state index contributed by atoms with van der Waals surface area (Å²) in [6.45, 7) is 3.24. The molecule has 11 heteroatoms. The quantitative estimate of drug-likeness (QED) is 0.588. The number of aryl methyl sites for hydroxylation is 1. The molecule has 0 radical (unpaired) electrons. The number of fused-ring (bicyclic) bond motifs is 1. The number of likely N-dealkylation sites (tertiary alicyclic amines) is 1. The molecule has 33 heavy (non-hydrogen) atoms. The molecule has 2 amide bonds. The van der Waals surface area contributed by atoms with Crippen LogP contribution in [0.5, 0.6) is 0 Å². The molecule has 0 unspecified atom stereocenters. The maximum absolute atomic E-state index is 13.8. The van der Waals surface area contributed by atoms with Gasteiger partial charge in [-0.05, 0) is 31.9 Å². The lowest BCUT2D eigenvalue weighted by Crippen LogP contribution is -2.47. The molecule has 3 aromatic heterocycles. The van der Waals surface area contributed by atoms with Gasteiger partial charge in [0.05, 0.1) is 30.3 Å². The molecule has 0 bridgehead atoms. The van der Waals surface area contributed by atoms with Gasteiger partial charge in [-0.15, -0.1) is 0 Å².